The Bertz CT molecular complexity index is 1220. The van der Waals surface area contributed by atoms with Gasteiger partial charge in [-0.25, -0.2) is 13.8 Å². The van der Waals surface area contributed by atoms with Gasteiger partial charge in [0.2, 0.25) is 0 Å². The number of rotatable bonds is 6. The first kappa shape index (κ1) is 25.6. The number of anilines is 1. The van der Waals surface area contributed by atoms with Gasteiger partial charge in [-0.2, -0.15) is 0 Å². The first-order chi connectivity index (χ1) is 17.3. The molecule has 2 heterocycles. The smallest absolute Gasteiger partial charge is 0.160 e. The number of aliphatic imine (C=N–C) groups is 1. The maximum absolute atomic E-state index is 13.7. The van der Waals surface area contributed by atoms with Crippen molar-refractivity contribution in [2.45, 2.75) is 49.6 Å². The third-order valence-electron chi connectivity index (χ3n) is 7.44. The van der Waals surface area contributed by atoms with E-state index in [4.69, 9.17) is 23.2 Å². The molecule has 0 amide bonds. The van der Waals surface area contributed by atoms with Gasteiger partial charge in [0, 0.05) is 41.7 Å². The maximum atomic E-state index is 13.7. The Hall–Kier alpha value is -2.06. The average molecular weight is 550 g/mol. The quantitative estimate of drug-likeness (QED) is 0.360. The monoisotopic (exact) mass is 548 g/mol. The second kappa shape index (κ2) is 10.7. The number of piperidine rings is 1. The van der Waals surface area contributed by atoms with E-state index in [-0.39, 0.29) is 16.8 Å². The van der Waals surface area contributed by atoms with Gasteiger partial charge in [-0.3, -0.25) is 4.90 Å². The van der Waals surface area contributed by atoms with Gasteiger partial charge in [0.25, 0.3) is 0 Å². The minimum atomic E-state index is -1.01. The van der Waals surface area contributed by atoms with E-state index < -0.39 is 11.6 Å². The van der Waals surface area contributed by atoms with Crippen molar-refractivity contribution in [2.75, 3.05) is 18.4 Å². The molecule has 3 aliphatic rings. The molecule has 36 heavy (non-hydrogen) atoms. The Morgan fingerprint density at radius 3 is 2.53 bits per heavy atom. The lowest BCUT2D eigenvalue weighted by Gasteiger charge is -2.42. The van der Waals surface area contributed by atoms with Crippen molar-refractivity contribution in [2.24, 2.45) is 10.4 Å². The molecule has 2 aromatic carbocycles. The van der Waals surface area contributed by atoms with E-state index >= 15 is 0 Å². The molecular weight excluding hydrogens is 521 g/mol. The molecule has 2 aliphatic heterocycles. The van der Waals surface area contributed by atoms with E-state index in [1.165, 1.54) is 50.3 Å². The molecule has 9 heteroatoms. The highest BCUT2D eigenvalue weighted by Crippen LogP contribution is 2.46. The van der Waals surface area contributed by atoms with Crippen molar-refractivity contribution in [3.05, 3.63) is 75.4 Å². The highest BCUT2D eigenvalue weighted by Gasteiger charge is 2.38. The van der Waals surface area contributed by atoms with Crippen LogP contribution >= 0.6 is 35.0 Å². The molecule has 1 saturated heterocycles. The number of likely N-dealkylation sites (tertiary alicyclic amines) is 1. The summed E-state index contributed by atoms with van der Waals surface area (Å²) in [6, 6.07) is 7.48. The molecule has 1 unspecified atom stereocenters. The number of benzene rings is 2. The minimum absolute atomic E-state index is 0.0579. The molecule has 1 saturated carbocycles. The summed E-state index contributed by atoms with van der Waals surface area (Å²) in [5.41, 5.74) is 1.74. The Morgan fingerprint density at radius 1 is 1.11 bits per heavy atom. The highest BCUT2D eigenvalue weighted by molar-refractivity contribution is 8.03. The van der Waals surface area contributed by atoms with Gasteiger partial charge < -0.3 is 10.6 Å². The number of hydrogen-bond acceptors (Lipinski definition) is 5. The Labute approximate surface area is 224 Å². The van der Waals surface area contributed by atoms with Crippen molar-refractivity contribution in [3.63, 3.8) is 0 Å². The molecule has 5 rings (SSSR count). The lowest BCUT2D eigenvalue weighted by atomic mass is 9.77. The van der Waals surface area contributed by atoms with Crippen LogP contribution in [0.15, 0.2) is 58.0 Å². The van der Waals surface area contributed by atoms with Crippen LogP contribution in [0.2, 0.25) is 10.0 Å². The Morgan fingerprint density at radius 2 is 1.83 bits per heavy atom. The van der Waals surface area contributed by atoms with E-state index in [2.05, 4.69) is 27.1 Å². The lowest BCUT2D eigenvalue weighted by molar-refractivity contribution is 0.0904. The standard InChI is InChI=1S/C27H28Cl2F2N4S/c1-17(18-13-20(30)21(31)14-19(18)28)34-22-5-4-6-23(26(22)29)36-25-16-32-24(15-33-25)35-11-9-27(10-12-35)7-2-3-8-27/h4-6,13-16,24,32,34H,1-3,7-12H2. The van der Waals surface area contributed by atoms with Crippen molar-refractivity contribution in [1.82, 2.24) is 10.2 Å². The number of nitrogens with one attached hydrogen (secondary N) is 2. The molecule has 2 fully saturated rings. The number of nitrogens with zero attached hydrogens (tertiary/aromatic N) is 2. The molecule has 1 atom stereocenters. The zero-order chi connectivity index (χ0) is 25.3. The van der Waals surface area contributed by atoms with Gasteiger partial charge in [-0.05, 0) is 55.4 Å². The molecule has 2 aromatic rings. The van der Waals surface area contributed by atoms with E-state index in [9.17, 15) is 8.78 Å². The van der Waals surface area contributed by atoms with Gasteiger partial charge in [-0.1, -0.05) is 60.5 Å². The summed E-state index contributed by atoms with van der Waals surface area (Å²) in [5.74, 6) is -2.01. The van der Waals surface area contributed by atoms with Gasteiger partial charge in [0.05, 0.1) is 15.7 Å². The van der Waals surface area contributed by atoms with Gasteiger partial charge >= 0.3 is 0 Å². The molecule has 2 N–H and O–H groups in total. The molecular formula is C27H28Cl2F2N4S. The van der Waals surface area contributed by atoms with Crippen LogP contribution in [-0.2, 0) is 0 Å². The van der Waals surface area contributed by atoms with E-state index in [0.29, 0.717) is 21.8 Å². The molecule has 0 radical (unpaired) electrons. The highest BCUT2D eigenvalue weighted by atomic mass is 35.5. The molecule has 190 valence electrons. The van der Waals surface area contributed by atoms with Crippen molar-refractivity contribution < 1.29 is 8.78 Å². The summed E-state index contributed by atoms with van der Waals surface area (Å²) in [6.45, 7) is 6.12. The minimum Gasteiger partial charge on any atom is -0.369 e. The predicted octanol–water partition coefficient (Wildman–Crippen LogP) is 7.90. The number of thioether (sulfide) groups is 1. The summed E-state index contributed by atoms with van der Waals surface area (Å²) >= 11 is 14.2. The fourth-order valence-electron chi connectivity index (χ4n) is 5.32. The summed E-state index contributed by atoms with van der Waals surface area (Å²) in [7, 11) is 0. The number of hydrogen-bond donors (Lipinski definition) is 2. The Balaban J connectivity index is 1.20. The van der Waals surface area contributed by atoms with Crippen LogP contribution in [0.5, 0.6) is 0 Å². The third-order valence-corrected chi connectivity index (χ3v) is 9.26. The van der Waals surface area contributed by atoms with Gasteiger partial charge in [0.1, 0.15) is 11.2 Å². The van der Waals surface area contributed by atoms with Crippen LogP contribution in [0, 0.1) is 17.0 Å². The third kappa shape index (κ3) is 5.44. The first-order valence-corrected chi connectivity index (χ1v) is 13.7. The first-order valence-electron chi connectivity index (χ1n) is 12.2. The molecule has 4 nitrogen and oxygen atoms in total. The maximum Gasteiger partial charge on any atom is 0.160 e. The van der Waals surface area contributed by atoms with Crippen LogP contribution in [0.1, 0.15) is 44.1 Å². The van der Waals surface area contributed by atoms with Crippen molar-refractivity contribution >= 4 is 52.6 Å². The lowest BCUT2D eigenvalue weighted by Crippen LogP contribution is -2.51. The zero-order valence-electron chi connectivity index (χ0n) is 19.8. The molecule has 0 aromatic heterocycles. The number of halogens is 4. The predicted molar refractivity (Wildman–Crippen MR) is 147 cm³/mol. The van der Waals surface area contributed by atoms with E-state index in [0.717, 1.165) is 35.1 Å². The van der Waals surface area contributed by atoms with Crippen molar-refractivity contribution in [3.8, 4) is 0 Å². The molecule has 1 spiro atoms. The summed E-state index contributed by atoms with van der Waals surface area (Å²) in [6.07, 6.45) is 12.1. The topological polar surface area (TPSA) is 39.7 Å². The van der Waals surface area contributed by atoms with Crippen molar-refractivity contribution in [1.29, 1.82) is 0 Å². The largest absolute Gasteiger partial charge is 0.369 e. The summed E-state index contributed by atoms with van der Waals surface area (Å²) in [4.78, 5) is 7.95. The SMILES string of the molecule is C=C(Nc1cccc(SC2=CNC(N3CCC4(CCCC4)CC3)C=N2)c1Cl)c1cc(F)c(F)cc1Cl. The second-order valence-electron chi connectivity index (χ2n) is 9.68. The van der Waals surface area contributed by atoms with Crippen LogP contribution in [0.25, 0.3) is 5.70 Å². The van der Waals surface area contributed by atoms with E-state index in [1.54, 1.807) is 6.07 Å². The zero-order valence-corrected chi connectivity index (χ0v) is 22.1. The van der Waals surface area contributed by atoms with Crippen LogP contribution in [-0.4, -0.2) is 30.4 Å². The van der Waals surface area contributed by atoms with E-state index in [1.807, 2.05) is 24.5 Å². The van der Waals surface area contributed by atoms with Gasteiger partial charge in [-0.15, -0.1) is 0 Å². The van der Waals surface area contributed by atoms with Crippen LogP contribution in [0.4, 0.5) is 14.5 Å². The second-order valence-corrected chi connectivity index (χ2v) is 11.5. The van der Waals surface area contributed by atoms with Gasteiger partial charge in [0.15, 0.2) is 11.6 Å². The van der Waals surface area contributed by atoms with Crippen LogP contribution in [0.3, 0.4) is 0 Å². The molecule has 1 aliphatic carbocycles. The molecule has 0 bridgehead atoms. The fourth-order valence-corrected chi connectivity index (χ4v) is 6.69. The fraction of sp³-hybridized carbons (Fsp3) is 0.370. The normalized spacial score (nSPS) is 21.3. The average Bonchev–Trinajstić information content (AvgIpc) is 3.32. The Kier molecular flexibility index (Phi) is 7.63. The van der Waals surface area contributed by atoms with Crippen LogP contribution < -0.4 is 10.6 Å². The summed E-state index contributed by atoms with van der Waals surface area (Å²) in [5, 5.41) is 7.88. The summed E-state index contributed by atoms with van der Waals surface area (Å²) < 4.78 is 27.1.